The lowest BCUT2D eigenvalue weighted by Crippen LogP contribution is -2.52. The van der Waals surface area contributed by atoms with Crippen LogP contribution in [0.15, 0.2) is 24.3 Å². The Morgan fingerprint density at radius 3 is 2.81 bits per heavy atom. The molecule has 1 saturated carbocycles. The molecule has 1 unspecified atom stereocenters. The Labute approximate surface area is 125 Å². The predicted molar refractivity (Wildman–Crippen MR) is 83.1 cm³/mol. The predicted octanol–water partition coefficient (Wildman–Crippen LogP) is 2.12. The number of nitrogens with one attached hydrogen (secondary N) is 1. The summed E-state index contributed by atoms with van der Waals surface area (Å²) in [6, 6.07) is 8.14. The number of rotatable bonds is 8. The molecule has 1 aliphatic rings. The topological polar surface area (TPSA) is 61.8 Å². The third kappa shape index (κ3) is 4.11. The molecule has 1 aliphatic carbocycles. The van der Waals surface area contributed by atoms with E-state index in [0.29, 0.717) is 19.0 Å². The van der Waals surface area contributed by atoms with Gasteiger partial charge in [0.15, 0.2) is 0 Å². The van der Waals surface area contributed by atoms with Gasteiger partial charge in [-0.25, -0.2) is 0 Å². The number of benzene rings is 1. The third-order valence-corrected chi connectivity index (χ3v) is 4.01. The molecule has 1 aromatic rings. The molecular formula is C16H24N2O3. The van der Waals surface area contributed by atoms with Crippen molar-refractivity contribution in [3.63, 3.8) is 0 Å². The molecule has 0 saturated heterocycles. The lowest BCUT2D eigenvalue weighted by molar-refractivity contribution is -0.144. The van der Waals surface area contributed by atoms with Gasteiger partial charge < -0.3 is 14.7 Å². The fourth-order valence-electron chi connectivity index (χ4n) is 2.29. The van der Waals surface area contributed by atoms with Crippen molar-refractivity contribution in [3.8, 4) is 5.75 Å². The lowest BCUT2D eigenvalue weighted by Gasteiger charge is -2.29. The van der Waals surface area contributed by atoms with Gasteiger partial charge >= 0.3 is 5.97 Å². The van der Waals surface area contributed by atoms with E-state index in [0.717, 1.165) is 24.3 Å². The van der Waals surface area contributed by atoms with Gasteiger partial charge in [0.2, 0.25) is 0 Å². The molecule has 0 aliphatic heterocycles. The molecular weight excluding hydrogens is 268 g/mol. The van der Waals surface area contributed by atoms with Crippen molar-refractivity contribution >= 4 is 11.7 Å². The van der Waals surface area contributed by atoms with E-state index >= 15 is 0 Å². The normalized spacial score (nSPS) is 17.1. The summed E-state index contributed by atoms with van der Waals surface area (Å²) in [5.74, 6) is 0.0184. The second-order valence-corrected chi connectivity index (χ2v) is 5.93. The molecule has 1 fully saturated rings. The Kier molecular flexibility index (Phi) is 4.73. The average Bonchev–Trinajstić information content (AvgIpc) is 3.28. The summed E-state index contributed by atoms with van der Waals surface area (Å²) >= 11 is 0. The molecule has 0 radical (unpaired) electrons. The number of anilines is 1. The van der Waals surface area contributed by atoms with E-state index in [2.05, 4.69) is 10.2 Å². The molecule has 0 bridgehead atoms. The van der Waals surface area contributed by atoms with E-state index in [4.69, 9.17) is 4.74 Å². The summed E-state index contributed by atoms with van der Waals surface area (Å²) < 4.78 is 5.22. The van der Waals surface area contributed by atoms with Gasteiger partial charge in [-0.3, -0.25) is 10.1 Å². The Hall–Kier alpha value is -1.75. The molecule has 21 heavy (non-hydrogen) atoms. The zero-order valence-corrected chi connectivity index (χ0v) is 12.9. The van der Waals surface area contributed by atoms with E-state index in [1.165, 1.54) is 0 Å². The average molecular weight is 292 g/mol. The largest absolute Gasteiger partial charge is 0.497 e. The van der Waals surface area contributed by atoms with Crippen LogP contribution in [0.2, 0.25) is 0 Å². The van der Waals surface area contributed by atoms with E-state index in [1.807, 2.05) is 31.3 Å². The molecule has 1 aromatic carbocycles. The van der Waals surface area contributed by atoms with Crippen molar-refractivity contribution in [2.45, 2.75) is 37.8 Å². The maximum absolute atomic E-state index is 11.5. The van der Waals surface area contributed by atoms with Gasteiger partial charge in [0, 0.05) is 31.4 Å². The molecule has 2 N–H and O–H groups in total. The number of nitrogens with zero attached hydrogens (tertiary/aromatic N) is 1. The summed E-state index contributed by atoms with van der Waals surface area (Å²) in [5.41, 5.74) is 0.155. The number of methoxy groups -OCH3 is 1. The van der Waals surface area contributed by atoms with Crippen molar-refractivity contribution in [3.05, 3.63) is 24.3 Å². The molecule has 5 nitrogen and oxygen atoms in total. The molecule has 0 aromatic heterocycles. The Morgan fingerprint density at radius 2 is 2.24 bits per heavy atom. The van der Waals surface area contributed by atoms with Crippen LogP contribution in [-0.4, -0.2) is 43.4 Å². The molecule has 2 rings (SSSR count). The first kappa shape index (κ1) is 15.6. The molecule has 0 heterocycles. The van der Waals surface area contributed by atoms with Gasteiger partial charge in [-0.05, 0) is 38.3 Å². The number of carboxylic acid groups (broad SMARTS) is 1. The van der Waals surface area contributed by atoms with Crippen molar-refractivity contribution in [2.24, 2.45) is 0 Å². The minimum atomic E-state index is -0.867. The van der Waals surface area contributed by atoms with Crippen molar-refractivity contribution in [1.82, 2.24) is 5.32 Å². The van der Waals surface area contributed by atoms with Gasteiger partial charge in [0.1, 0.15) is 11.3 Å². The van der Waals surface area contributed by atoms with E-state index < -0.39 is 11.5 Å². The van der Waals surface area contributed by atoms with Crippen molar-refractivity contribution in [1.29, 1.82) is 0 Å². The number of carboxylic acids is 1. The van der Waals surface area contributed by atoms with Crippen LogP contribution in [0, 0.1) is 0 Å². The van der Waals surface area contributed by atoms with Crippen LogP contribution in [0.25, 0.3) is 0 Å². The van der Waals surface area contributed by atoms with Crippen LogP contribution in [0.3, 0.4) is 0 Å². The Bertz CT molecular complexity index is 502. The first-order valence-electron chi connectivity index (χ1n) is 7.31. The highest BCUT2D eigenvalue weighted by atomic mass is 16.5. The summed E-state index contributed by atoms with van der Waals surface area (Å²) in [5, 5.41) is 12.7. The number of aliphatic carboxylic acids is 1. The van der Waals surface area contributed by atoms with Gasteiger partial charge in [-0.1, -0.05) is 6.07 Å². The van der Waals surface area contributed by atoms with Gasteiger partial charge in [-0.2, -0.15) is 0 Å². The summed E-state index contributed by atoms with van der Waals surface area (Å²) in [4.78, 5) is 13.6. The number of carbonyl (C=O) groups is 1. The molecule has 116 valence electrons. The summed E-state index contributed by atoms with van der Waals surface area (Å²) in [6.45, 7) is 2.43. The second kappa shape index (κ2) is 6.35. The van der Waals surface area contributed by atoms with Gasteiger partial charge in [-0.15, -0.1) is 0 Å². The van der Waals surface area contributed by atoms with Crippen LogP contribution >= 0.6 is 0 Å². The van der Waals surface area contributed by atoms with Crippen LogP contribution < -0.4 is 15.0 Å². The second-order valence-electron chi connectivity index (χ2n) is 5.93. The van der Waals surface area contributed by atoms with Crippen LogP contribution in [0.4, 0.5) is 5.69 Å². The number of ether oxygens (including phenoxy) is 1. The molecule has 0 amide bonds. The van der Waals surface area contributed by atoms with Crippen molar-refractivity contribution in [2.75, 3.05) is 25.6 Å². The Morgan fingerprint density at radius 1 is 1.52 bits per heavy atom. The highest BCUT2D eigenvalue weighted by Gasteiger charge is 2.38. The monoisotopic (exact) mass is 292 g/mol. The fraction of sp³-hybridized carbons (Fsp3) is 0.562. The quantitative estimate of drug-likeness (QED) is 0.768. The minimum Gasteiger partial charge on any atom is -0.497 e. The van der Waals surface area contributed by atoms with E-state index in [9.17, 15) is 9.90 Å². The SMILES string of the molecule is COc1cccc(N(C)CCC(C)(NC2CC2)C(=O)O)c1. The minimum absolute atomic E-state index is 0.369. The first-order chi connectivity index (χ1) is 9.94. The standard InChI is InChI=1S/C16H24N2O3/c1-16(15(19)20,17-12-7-8-12)9-10-18(2)13-5-4-6-14(11-13)21-3/h4-6,11-12,17H,7-10H2,1-3H3,(H,19,20). The maximum atomic E-state index is 11.5. The highest BCUT2D eigenvalue weighted by molar-refractivity contribution is 5.78. The van der Waals surface area contributed by atoms with Crippen LogP contribution in [-0.2, 0) is 4.79 Å². The third-order valence-electron chi connectivity index (χ3n) is 4.01. The molecule has 1 atom stereocenters. The van der Waals surface area contributed by atoms with Gasteiger partial charge in [0.05, 0.1) is 7.11 Å². The zero-order chi connectivity index (χ0) is 15.5. The van der Waals surface area contributed by atoms with Crippen LogP contribution in [0.5, 0.6) is 5.75 Å². The van der Waals surface area contributed by atoms with E-state index in [1.54, 1.807) is 14.0 Å². The lowest BCUT2D eigenvalue weighted by atomic mass is 9.97. The zero-order valence-electron chi connectivity index (χ0n) is 12.9. The number of hydrogen-bond acceptors (Lipinski definition) is 4. The smallest absolute Gasteiger partial charge is 0.323 e. The van der Waals surface area contributed by atoms with Crippen molar-refractivity contribution < 1.29 is 14.6 Å². The number of hydrogen-bond donors (Lipinski definition) is 2. The summed E-state index contributed by atoms with van der Waals surface area (Å²) in [6.07, 6.45) is 2.70. The fourth-order valence-corrected chi connectivity index (χ4v) is 2.29. The van der Waals surface area contributed by atoms with E-state index in [-0.39, 0.29) is 0 Å². The van der Waals surface area contributed by atoms with Gasteiger partial charge in [0.25, 0.3) is 0 Å². The first-order valence-corrected chi connectivity index (χ1v) is 7.31. The summed E-state index contributed by atoms with van der Waals surface area (Å²) in [7, 11) is 3.61. The Balaban J connectivity index is 1.97. The molecule has 0 spiro atoms. The molecule has 5 heteroatoms. The van der Waals surface area contributed by atoms with Crippen LogP contribution in [0.1, 0.15) is 26.2 Å². The highest BCUT2D eigenvalue weighted by Crippen LogP contribution is 2.25. The maximum Gasteiger partial charge on any atom is 0.323 e.